The minimum absolute atomic E-state index is 0.116. The van der Waals surface area contributed by atoms with Crippen molar-refractivity contribution in [1.29, 1.82) is 0 Å². The summed E-state index contributed by atoms with van der Waals surface area (Å²) in [6.07, 6.45) is 3.37. The molecule has 1 saturated carbocycles. The second-order valence-corrected chi connectivity index (χ2v) is 5.46. The lowest BCUT2D eigenvalue weighted by molar-refractivity contribution is -0.149. The predicted octanol–water partition coefficient (Wildman–Crippen LogP) is 2.57. The van der Waals surface area contributed by atoms with Crippen LogP contribution in [0.4, 0.5) is 11.4 Å². The van der Waals surface area contributed by atoms with E-state index in [1.807, 2.05) is 31.2 Å². The molecule has 0 radical (unpaired) electrons. The van der Waals surface area contributed by atoms with Gasteiger partial charge in [-0.25, -0.2) is 0 Å². The van der Waals surface area contributed by atoms with Crippen LogP contribution in [-0.4, -0.2) is 24.1 Å². The highest BCUT2D eigenvalue weighted by atomic mass is 16.5. The monoisotopic (exact) mass is 285 g/mol. The van der Waals surface area contributed by atoms with Gasteiger partial charge in [0.05, 0.1) is 35.1 Å². The highest BCUT2D eigenvalue weighted by molar-refractivity contribution is 5.97. The maximum absolute atomic E-state index is 12.0. The van der Waals surface area contributed by atoms with E-state index in [0.717, 1.165) is 29.4 Å². The Balaban J connectivity index is 1.83. The van der Waals surface area contributed by atoms with Gasteiger partial charge in [0.1, 0.15) is 0 Å². The van der Waals surface area contributed by atoms with Gasteiger partial charge in [-0.2, -0.15) is 0 Å². The number of rotatable bonds is 5. The van der Waals surface area contributed by atoms with Gasteiger partial charge in [0.25, 0.3) is 0 Å². The molecule has 2 aromatic rings. The number of hydrogen-bond donors (Lipinski definition) is 2. The van der Waals surface area contributed by atoms with Crippen molar-refractivity contribution in [3.63, 3.8) is 0 Å². The molecule has 5 nitrogen and oxygen atoms in total. The zero-order valence-corrected chi connectivity index (χ0v) is 12.1. The summed E-state index contributed by atoms with van der Waals surface area (Å²) < 4.78 is 5.15. The molecule has 21 heavy (non-hydrogen) atoms. The number of esters is 1. The van der Waals surface area contributed by atoms with Gasteiger partial charge in [0.2, 0.25) is 0 Å². The lowest BCUT2D eigenvalue weighted by Gasteiger charge is -2.17. The fraction of sp³-hybridized carbons (Fsp3) is 0.375. The summed E-state index contributed by atoms with van der Waals surface area (Å²) in [4.78, 5) is 16.3. The summed E-state index contributed by atoms with van der Waals surface area (Å²) >= 11 is 0. The summed E-state index contributed by atoms with van der Waals surface area (Å²) in [5, 5.41) is 4.30. The summed E-state index contributed by atoms with van der Waals surface area (Å²) in [6, 6.07) is 7.81. The zero-order valence-electron chi connectivity index (χ0n) is 12.1. The number of nitrogens with zero attached hydrogens (tertiary/aromatic N) is 1. The largest absolute Gasteiger partial charge is 0.466 e. The Morgan fingerprint density at radius 2 is 2.19 bits per heavy atom. The minimum atomic E-state index is -0.382. The average Bonchev–Trinajstić information content (AvgIpc) is 3.28. The zero-order chi connectivity index (χ0) is 14.9. The molecular formula is C16H19N3O2. The van der Waals surface area contributed by atoms with Crippen LogP contribution in [-0.2, 0) is 9.53 Å². The topological polar surface area (TPSA) is 77.2 Å². The first kappa shape index (κ1) is 13.7. The molecule has 110 valence electrons. The van der Waals surface area contributed by atoms with E-state index in [1.165, 1.54) is 0 Å². The molecule has 3 N–H and O–H groups in total. The van der Waals surface area contributed by atoms with Gasteiger partial charge in [-0.05, 0) is 25.8 Å². The Bertz CT molecular complexity index is 680. The van der Waals surface area contributed by atoms with Crippen molar-refractivity contribution in [1.82, 2.24) is 4.98 Å². The van der Waals surface area contributed by atoms with Crippen LogP contribution >= 0.6 is 0 Å². The smallest absolute Gasteiger partial charge is 0.313 e. The molecule has 0 unspecified atom stereocenters. The molecule has 1 aliphatic rings. The van der Waals surface area contributed by atoms with Gasteiger partial charge in [-0.3, -0.25) is 9.78 Å². The van der Waals surface area contributed by atoms with E-state index in [4.69, 9.17) is 10.5 Å². The number of carbonyl (C=O) groups excluding carboxylic acids is 1. The second kappa shape index (κ2) is 5.24. The van der Waals surface area contributed by atoms with E-state index in [2.05, 4.69) is 10.3 Å². The van der Waals surface area contributed by atoms with Gasteiger partial charge in [0.15, 0.2) is 0 Å². The third-order valence-electron chi connectivity index (χ3n) is 3.97. The summed E-state index contributed by atoms with van der Waals surface area (Å²) in [5.41, 5.74) is 7.97. The highest BCUT2D eigenvalue weighted by Gasteiger charge is 2.51. The molecule has 0 bridgehead atoms. The molecule has 0 atom stereocenters. The fourth-order valence-electron chi connectivity index (χ4n) is 2.50. The molecule has 3 rings (SSSR count). The molecule has 1 aromatic carbocycles. The van der Waals surface area contributed by atoms with Crippen LogP contribution < -0.4 is 11.1 Å². The van der Waals surface area contributed by atoms with Crippen molar-refractivity contribution >= 4 is 28.2 Å². The number of pyridine rings is 1. The van der Waals surface area contributed by atoms with Crippen LogP contribution in [0.5, 0.6) is 0 Å². The molecule has 1 aromatic heterocycles. The number of nitrogens with one attached hydrogen (secondary N) is 1. The Labute approximate surface area is 123 Å². The van der Waals surface area contributed by atoms with E-state index < -0.39 is 0 Å². The molecule has 0 aliphatic heterocycles. The lowest BCUT2D eigenvalue weighted by Crippen LogP contribution is -2.27. The van der Waals surface area contributed by atoms with E-state index in [1.54, 1.807) is 6.20 Å². The van der Waals surface area contributed by atoms with Crippen LogP contribution in [0.25, 0.3) is 10.9 Å². The first-order valence-corrected chi connectivity index (χ1v) is 7.20. The van der Waals surface area contributed by atoms with E-state index in [0.29, 0.717) is 18.8 Å². The Hall–Kier alpha value is -2.30. The minimum Gasteiger partial charge on any atom is -0.466 e. The summed E-state index contributed by atoms with van der Waals surface area (Å²) in [6.45, 7) is 2.79. The van der Waals surface area contributed by atoms with Gasteiger partial charge >= 0.3 is 5.97 Å². The first-order chi connectivity index (χ1) is 10.2. The van der Waals surface area contributed by atoms with Gasteiger partial charge in [0, 0.05) is 11.9 Å². The van der Waals surface area contributed by atoms with E-state index >= 15 is 0 Å². The summed E-state index contributed by atoms with van der Waals surface area (Å²) in [7, 11) is 0. The Kier molecular flexibility index (Phi) is 3.41. The Morgan fingerprint density at radius 1 is 1.43 bits per heavy atom. The number of ether oxygens (including phenoxy) is 1. The number of aromatic nitrogens is 1. The maximum Gasteiger partial charge on any atom is 0.313 e. The van der Waals surface area contributed by atoms with Crippen LogP contribution in [0.2, 0.25) is 0 Å². The van der Waals surface area contributed by atoms with Crippen LogP contribution in [0.15, 0.2) is 30.5 Å². The quantitative estimate of drug-likeness (QED) is 0.826. The van der Waals surface area contributed by atoms with Gasteiger partial charge in [-0.1, -0.05) is 18.2 Å². The third kappa shape index (κ3) is 2.51. The number of nitrogens with two attached hydrogens (primary N) is 1. The molecule has 0 saturated heterocycles. The van der Waals surface area contributed by atoms with Crippen molar-refractivity contribution in [2.24, 2.45) is 5.41 Å². The van der Waals surface area contributed by atoms with E-state index in [-0.39, 0.29) is 11.4 Å². The average molecular weight is 285 g/mol. The first-order valence-electron chi connectivity index (χ1n) is 7.20. The molecule has 1 fully saturated rings. The molecular weight excluding hydrogens is 266 g/mol. The van der Waals surface area contributed by atoms with Crippen molar-refractivity contribution in [2.75, 3.05) is 24.2 Å². The fourth-order valence-corrected chi connectivity index (χ4v) is 2.50. The summed E-state index contributed by atoms with van der Waals surface area (Å²) in [5.74, 6) is -0.116. The van der Waals surface area contributed by atoms with Crippen molar-refractivity contribution < 1.29 is 9.53 Å². The van der Waals surface area contributed by atoms with Gasteiger partial charge in [-0.15, -0.1) is 0 Å². The normalized spacial score (nSPS) is 15.7. The van der Waals surface area contributed by atoms with E-state index in [9.17, 15) is 4.79 Å². The van der Waals surface area contributed by atoms with Crippen molar-refractivity contribution in [2.45, 2.75) is 19.8 Å². The standard InChI is InChI=1S/C16H19N3O2/c1-2-21-15(20)16(7-8-16)10-19-14-11-5-3-4-6-13(11)18-9-12(14)17/h3-6,9H,2,7-8,10,17H2,1H3,(H,18,19). The van der Waals surface area contributed by atoms with Crippen molar-refractivity contribution in [3.05, 3.63) is 30.5 Å². The number of nitrogen functional groups attached to an aromatic ring is 1. The maximum atomic E-state index is 12.0. The lowest BCUT2D eigenvalue weighted by atomic mass is 10.1. The predicted molar refractivity (Wildman–Crippen MR) is 82.9 cm³/mol. The number of hydrogen-bond acceptors (Lipinski definition) is 5. The van der Waals surface area contributed by atoms with Crippen LogP contribution in [0.1, 0.15) is 19.8 Å². The number of benzene rings is 1. The van der Waals surface area contributed by atoms with Gasteiger partial charge < -0.3 is 15.8 Å². The molecule has 0 amide bonds. The number of anilines is 2. The van der Waals surface area contributed by atoms with Crippen LogP contribution in [0, 0.1) is 5.41 Å². The Morgan fingerprint density at radius 3 is 2.90 bits per heavy atom. The molecule has 5 heteroatoms. The molecule has 1 aliphatic carbocycles. The third-order valence-corrected chi connectivity index (χ3v) is 3.97. The van der Waals surface area contributed by atoms with Crippen molar-refractivity contribution in [3.8, 4) is 0 Å². The van der Waals surface area contributed by atoms with Crippen LogP contribution in [0.3, 0.4) is 0 Å². The number of fused-ring (bicyclic) bond motifs is 1. The number of para-hydroxylation sites is 1. The molecule has 0 spiro atoms. The second-order valence-electron chi connectivity index (χ2n) is 5.46. The highest BCUT2D eigenvalue weighted by Crippen LogP contribution is 2.47. The number of carbonyl (C=O) groups is 1. The molecule has 1 heterocycles. The SMILES string of the molecule is CCOC(=O)C1(CNc2c(N)cnc3ccccc23)CC1.